The summed E-state index contributed by atoms with van der Waals surface area (Å²) in [7, 11) is 0. The van der Waals surface area contributed by atoms with Crippen molar-refractivity contribution >= 4 is 34.7 Å². The van der Waals surface area contributed by atoms with Crippen molar-refractivity contribution in [3.8, 4) is 0 Å². The molecule has 6 heteroatoms. The first-order valence-electron chi connectivity index (χ1n) is 8.66. The van der Waals surface area contributed by atoms with Gasteiger partial charge >= 0.3 is 6.03 Å². The Balaban J connectivity index is 1.45. The van der Waals surface area contributed by atoms with Gasteiger partial charge < -0.3 is 10.2 Å². The molecule has 2 aliphatic rings. The number of piperidine rings is 1. The van der Waals surface area contributed by atoms with Gasteiger partial charge in [-0.1, -0.05) is 42.5 Å². The average molecular weight is 349 g/mol. The van der Waals surface area contributed by atoms with Crippen LogP contribution in [-0.2, 0) is 9.59 Å². The Bertz CT molecular complexity index is 922. The van der Waals surface area contributed by atoms with E-state index in [0.717, 1.165) is 16.3 Å². The van der Waals surface area contributed by atoms with E-state index in [0.29, 0.717) is 25.9 Å². The van der Waals surface area contributed by atoms with Crippen LogP contribution in [0.15, 0.2) is 48.5 Å². The molecule has 0 aliphatic carbocycles. The van der Waals surface area contributed by atoms with E-state index in [4.69, 9.17) is 0 Å². The molecule has 2 aromatic carbocycles. The van der Waals surface area contributed by atoms with E-state index in [2.05, 4.69) is 10.6 Å². The van der Waals surface area contributed by atoms with Gasteiger partial charge in [0.2, 0.25) is 5.91 Å². The summed E-state index contributed by atoms with van der Waals surface area (Å²) in [5.74, 6) is -0.376. The first-order valence-corrected chi connectivity index (χ1v) is 8.66. The molecule has 0 radical (unpaired) electrons. The summed E-state index contributed by atoms with van der Waals surface area (Å²) in [5, 5.41) is 7.21. The predicted octanol–water partition coefficient (Wildman–Crippen LogP) is 2.05. The fourth-order valence-electron chi connectivity index (χ4n) is 3.65. The monoisotopic (exact) mass is 349 g/mol. The number of hydrogen-bond acceptors (Lipinski definition) is 3. The van der Waals surface area contributed by atoms with E-state index in [1.807, 2.05) is 48.5 Å². The van der Waals surface area contributed by atoms with E-state index in [9.17, 15) is 14.4 Å². The maximum Gasteiger partial charge on any atom is 0.322 e. The maximum absolute atomic E-state index is 12.5. The summed E-state index contributed by atoms with van der Waals surface area (Å²) in [6, 6.07) is 13.6. The molecule has 2 N–H and O–H groups in total. The third-order valence-corrected chi connectivity index (χ3v) is 5.17. The van der Waals surface area contributed by atoms with Crippen molar-refractivity contribution in [2.45, 2.75) is 18.4 Å². The predicted molar refractivity (Wildman–Crippen MR) is 98.2 cm³/mol. The molecule has 2 fully saturated rings. The highest BCUT2D eigenvalue weighted by atomic mass is 16.2. The second-order valence-corrected chi connectivity index (χ2v) is 6.72. The van der Waals surface area contributed by atoms with Gasteiger partial charge in [0.15, 0.2) is 0 Å². The Morgan fingerprint density at radius 2 is 1.77 bits per heavy atom. The number of amides is 4. The first kappa shape index (κ1) is 16.3. The van der Waals surface area contributed by atoms with E-state index < -0.39 is 11.6 Å². The molecule has 0 atom stereocenters. The van der Waals surface area contributed by atoms with Crippen molar-refractivity contribution in [2.75, 3.05) is 13.1 Å². The number of hydrogen-bond donors (Lipinski definition) is 2. The SMILES string of the molecule is O=C1NC(=O)C2(CCN(C(=O)/C=C\c3cccc4ccccc34)CC2)N1. The fraction of sp³-hybridized carbons (Fsp3) is 0.250. The standard InChI is InChI=1S/C20H19N3O3/c24-17(9-8-15-6-3-5-14-4-1-2-7-16(14)15)23-12-10-20(11-13-23)18(25)21-19(26)22-20/h1-9H,10-13H2,(H2,21,22,25,26)/b9-8-. The van der Waals surface area contributed by atoms with Crippen LogP contribution in [0.5, 0.6) is 0 Å². The average Bonchev–Trinajstić information content (AvgIpc) is 2.93. The lowest BCUT2D eigenvalue weighted by molar-refractivity contribution is -0.132. The van der Waals surface area contributed by atoms with Crippen molar-refractivity contribution in [3.05, 3.63) is 54.1 Å². The molecule has 0 aromatic heterocycles. The van der Waals surface area contributed by atoms with Gasteiger partial charge in [-0.3, -0.25) is 14.9 Å². The Hall–Kier alpha value is -3.15. The minimum atomic E-state index is -0.854. The number of nitrogens with one attached hydrogen (secondary N) is 2. The molecule has 1 spiro atoms. The van der Waals surface area contributed by atoms with E-state index in [1.165, 1.54) is 0 Å². The van der Waals surface area contributed by atoms with Crippen molar-refractivity contribution < 1.29 is 14.4 Å². The minimum absolute atomic E-state index is 0.0856. The van der Waals surface area contributed by atoms with Crippen LogP contribution in [0.2, 0.25) is 0 Å². The van der Waals surface area contributed by atoms with Gasteiger partial charge in [-0.05, 0) is 35.3 Å². The van der Waals surface area contributed by atoms with Crippen LogP contribution in [0, 0.1) is 0 Å². The number of carbonyl (C=O) groups excluding carboxylic acids is 3. The zero-order valence-corrected chi connectivity index (χ0v) is 14.2. The highest BCUT2D eigenvalue weighted by Gasteiger charge is 2.48. The number of rotatable bonds is 2. The molecular weight excluding hydrogens is 330 g/mol. The van der Waals surface area contributed by atoms with Crippen LogP contribution < -0.4 is 10.6 Å². The lowest BCUT2D eigenvalue weighted by atomic mass is 9.87. The smallest absolute Gasteiger partial charge is 0.322 e. The van der Waals surface area contributed by atoms with Crippen molar-refractivity contribution in [1.29, 1.82) is 0 Å². The zero-order valence-electron chi connectivity index (χ0n) is 14.2. The van der Waals surface area contributed by atoms with E-state index >= 15 is 0 Å². The largest absolute Gasteiger partial charge is 0.339 e. The number of carbonyl (C=O) groups is 3. The lowest BCUT2D eigenvalue weighted by Crippen LogP contribution is -2.55. The van der Waals surface area contributed by atoms with Gasteiger partial charge in [-0.25, -0.2) is 4.79 Å². The quantitative estimate of drug-likeness (QED) is 0.643. The molecular formula is C20H19N3O3. The number of nitrogens with zero attached hydrogens (tertiary/aromatic N) is 1. The first-order chi connectivity index (χ1) is 12.6. The van der Waals surface area contributed by atoms with Crippen LogP contribution in [0.1, 0.15) is 18.4 Å². The fourth-order valence-corrected chi connectivity index (χ4v) is 3.65. The molecule has 2 heterocycles. The maximum atomic E-state index is 12.5. The van der Waals surface area contributed by atoms with Gasteiger partial charge in [0, 0.05) is 19.2 Å². The molecule has 6 nitrogen and oxygen atoms in total. The zero-order chi connectivity index (χ0) is 18.1. The number of benzene rings is 2. The van der Waals surface area contributed by atoms with Crippen LogP contribution >= 0.6 is 0 Å². The lowest BCUT2D eigenvalue weighted by Gasteiger charge is -2.36. The van der Waals surface area contributed by atoms with Gasteiger partial charge in [-0.2, -0.15) is 0 Å². The normalized spacial score (nSPS) is 19.2. The van der Waals surface area contributed by atoms with Crippen molar-refractivity contribution in [2.24, 2.45) is 0 Å². The molecule has 0 unspecified atom stereocenters. The van der Waals surface area contributed by atoms with Crippen LogP contribution in [0.4, 0.5) is 4.79 Å². The molecule has 26 heavy (non-hydrogen) atoms. The minimum Gasteiger partial charge on any atom is -0.339 e. The summed E-state index contributed by atoms with van der Waals surface area (Å²) in [5.41, 5.74) is 0.139. The second-order valence-electron chi connectivity index (χ2n) is 6.72. The van der Waals surface area contributed by atoms with E-state index in [-0.39, 0.29) is 11.8 Å². The van der Waals surface area contributed by atoms with Crippen LogP contribution in [-0.4, -0.2) is 41.4 Å². The second kappa shape index (κ2) is 6.29. The highest BCUT2D eigenvalue weighted by molar-refractivity contribution is 6.07. The van der Waals surface area contributed by atoms with Crippen LogP contribution in [0.3, 0.4) is 0 Å². The van der Waals surface area contributed by atoms with Gasteiger partial charge in [-0.15, -0.1) is 0 Å². The molecule has 0 bridgehead atoms. The summed E-state index contributed by atoms with van der Waals surface area (Å²) in [4.78, 5) is 37.6. The molecule has 4 amide bonds. The summed E-state index contributed by atoms with van der Waals surface area (Å²) < 4.78 is 0. The van der Waals surface area contributed by atoms with Gasteiger partial charge in [0.1, 0.15) is 5.54 Å². The van der Waals surface area contributed by atoms with Gasteiger partial charge in [0.05, 0.1) is 0 Å². The van der Waals surface area contributed by atoms with Crippen molar-refractivity contribution in [3.63, 3.8) is 0 Å². The molecule has 2 aliphatic heterocycles. The van der Waals surface area contributed by atoms with Crippen molar-refractivity contribution in [1.82, 2.24) is 15.5 Å². The Morgan fingerprint density at radius 3 is 2.50 bits per heavy atom. The number of imide groups is 1. The summed E-state index contributed by atoms with van der Waals surface area (Å²) >= 11 is 0. The Morgan fingerprint density at radius 1 is 1.04 bits per heavy atom. The van der Waals surface area contributed by atoms with Gasteiger partial charge in [0.25, 0.3) is 5.91 Å². The highest BCUT2D eigenvalue weighted by Crippen LogP contribution is 2.26. The topological polar surface area (TPSA) is 78.5 Å². The Labute approximate surface area is 150 Å². The van der Waals surface area contributed by atoms with Crippen LogP contribution in [0.25, 0.3) is 16.8 Å². The third kappa shape index (κ3) is 2.83. The molecule has 2 aromatic rings. The summed E-state index contributed by atoms with van der Waals surface area (Å²) in [6.45, 7) is 0.874. The molecule has 132 valence electrons. The number of fused-ring (bicyclic) bond motifs is 1. The Kier molecular flexibility index (Phi) is 3.95. The molecule has 4 rings (SSSR count). The summed E-state index contributed by atoms with van der Waals surface area (Å²) in [6.07, 6.45) is 4.27. The number of likely N-dealkylation sites (tertiary alicyclic amines) is 1. The molecule has 0 saturated carbocycles. The van der Waals surface area contributed by atoms with E-state index in [1.54, 1.807) is 11.0 Å². The molecule has 2 saturated heterocycles. The number of urea groups is 1. The third-order valence-electron chi connectivity index (χ3n) is 5.17.